The van der Waals surface area contributed by atoms with Crippen LogP contribution >= 0.6 is 0 Å². The van der Waals surface area contributed by atoms with Crippen molar-refractivity contribution in [3.8, 4) is 0 Å². The molecule has 0 amide bonds. The second-order valence-electron chi connectivity index (χ2n) is 4.30. The van der Waals surface area contributed by atoms with Crippen LogP contribution in [0.2, 0.25) is 0 Å². The predicted octanol–water partition coefficient (Wildman–Crippen LogP) is 1.43. The lowest BCUT2D eigenvalue weighted by molar-refractivity contribution is 0.0692. The molecular formula is C11H13N3O5S. The molecular weight excluding hydrogens is 286 g/mol. The summed E-state index contributed by atoms with van der Waals surface area (Å²) in [6.45, 7) is 4.58. The van der Waals surface area contributed by atoms with Crippen LogP contribution in [0, 0.1) is 20.8 Å². The average Bonchev–Trinajstić information content (AvgIpc) is 2.82. The van der Waals surface area contributed by atoms with E-state index in [9.17, 15) is 13.2 Å². The predicted molar refractivity (Wildman–Crippen MR) is 69.3 cm³/mol. The fraction of sp³-hybridized carbons (Fsp3) is 0.273. The van der Waals surface area contributed by atoms with Crippen LogP contribution in [0.3, 0.4) is 0 Å². The number of carboxylic acid groups (broad SMARTS) is 1. The van der Waals surface area contributed by atoms with Crippen molar-refractivity contribution >= 4 is 21.7 Å². The highest BCUT2D eigenvalue weighted by Crippen LogP contribution is 2.25. The highest BCUT2D eigenvalue weighted by atomic mass is 32.2. The Labute approximate surface area is 114 Å². The molecule has 0 radical (unpaired) electrons. The molecule has 9 heteroatoms. The van der Waals surface area contributed by atoms with Crippen LogP contribution in [0.15, 0.2) is 15.5 Å². The molecule has 2 aromatic rings. The molecule has 0 aliphatic carbocycles. The monoisotopic (exact) mass is 299 g/mol. The molecule has 3 N–H and O–H groups in total. The maximum Gasteiger partial charge on any atom is 0.354 e. The highest BCUT2D eigenvalue weighted by molar-refractivity contribution is 7.92. The zero-order valence-corrected chi connectivity index (χ0v) is 11.8. The number of carbonyl (C=O) groups is 1. The Morgan fingerprint density at radius 1 is 1.40 bits per heavy atom. The summed E-state index contributed by atoms with van der Waals surface area (Å²) in [7, 11) is -3.96. The fourth-order valence-electron chi connectivity index (χ4n) is 1.89. The Kier molecular flexibility index (Phi) is 3.30. The second-order valence-corrected chi connectivity index (χ2v) is 5.92. The van der Waals surface area contributed by atoms with Gasteiger partial charge < -0.3 is 14.6 Å². The Morgan fingerprint density at radius 2 is 2.05 bits per heavy atom. The van der Waals surface area contributed by atoms with E-state index in [-0.39, 0.29) is 27.7 Å². The fourth-order valence-corrected chi connectivity index (χ4v) is 3.29. The van der Waals surface area contributed by atoms with Crippen LogP contribution in [-0.2, 0) is 10.0 Å². The Morgan fingerprint density at radius 3 is 2.55 bits per heavy atom. The van der Waals surface area contributed by atoms with Crippen molar-refractivity contribution in [2.24, 2.45) is 0 Å². The summed E-state index contributed by atoms with van der Waals surface area (Å²) in [5, 5.41) is 12.6. The van der Waals surface area contributed by atoms with E-state index in [1.807, 2.05) is 0 Å². The minimum atomic E-state index is -3.96. The van der Waals surface area contributed by atoms with E-state index in [1.165, 1.54) is 19.9 Å². The van der Waals surface area contributed by atoms with E-state index in [4.69, 9.17) is 9.63 Å². The zero-order chi connectivity index (χ0) is 15.1. The Bertz CT molecular complexity index is 753. The first-order valence-electron chi connectivity index (χ1n) is 5.61. The number of carboxylic acids is 1. The molecule has 2 aromatic heterocycles. The Hall–Kier alpha value is -2.29. The number of aromatic amines is 1. The molecule has 108 valence electrons. The smallest absolute Gasteiger partial charge is 0.354 e. The van der Waals surface area contributed by atoms with Crippen LogP contribution in [0.4, 0.5) is 5.69 Å². The number of aromatic carboxylic acids is 1. The van der Waals surface area contributed by atoms with Crippen LogP contribution in [0.5, 0.6) is 0 Å². The van der Waals surface area contributed by atoms with Crippen molar-refractivity contribution in [1.29, 1.82) is 0 Å². The maximum atomic E-state index is 12.3. The van der Waals surface area contributed by atoms with E-state index in [0.29, 0.717) is 5.69 Å². The van der Waals surface area contributed by atoms with Gasteiger partial charge in [0.1, 0.15) is 11.4 Å². The van der Waals surface area contributed by atoms with Gasteiger partial charge in [0.15, 0.2) is 10.7 Å². The number of rotatable bonds is 4. The SMILES string of the molecule is Cc1cc(NS(=O)(=O)c2c(C)noc2C)c(C(=O)O)[nH]1. The molecule has 0 aliphatic rings. The average molecular weight is 299 g/mol. The summed E-state index contributed by atoms with van der Waals surface area (Å²) in [6, 6.07) is 1.40. The minimum absolute atomic E-state index is 0.0324. The molecule has 8 nitrogen and oxygen atoms in total. The molecule has 0 fully saturated rings. The topological polar surface area (TPSA) is 125 Å². The molecule has 2 heterocycles. The molecule has 2 rings (SSSR count). The van der Waals surface area contributed by atoms with Gasteiger partial charge in [-0.05, 0) is 26.8 Å². The van der Waals surface area contributed by atoms with Gasteiger partial charge in [0.2, 0.25) is 0 Å². The highest BCUT2D eigenvalue weighted by Gasteiger charge is 2.26. The van der Waals surface area contributed by atoms with Crippen LogP contribution in [0.25, 0.3) is 0 Å². The van der Waals surface area contributed by atoms with E-state index in [2.05, 4.69) is 14.9 Å². The number of nitrogens with one attached hydrogen (secondary N) is 2. The largest absolute Gasteiger partial charge is 0.477 e. The van der Waals surface area contributed by atoms with E-state index in [0.717, 1.165) is 0 Å². The maximum absolute atomic E-state index is 12.3. The standard InChI is InChI=1S/C11H13N3O5S/c1-5-4-8(9(12-5)11(15)16)14-20(17,18)10-6(2)13-19-7(10)3/h4,12,14H,1-3H3,(H,15,16). The third-order valence-corrected chi connectivity index (χ3v) is 4.26. The van der Waals surface area contributed by atoms with Gasteiger partial charge in [-0.2, -0.15) is 0 Å². The minimum Gasteiger partial charge on any atom is -0.477 e. The van der Waals surface area contributed by atoms with E-state index >= 15 is 0 Å². The molecule has 0 saturated carbocycles. The summed E-state index contributed by atoms with van der Waals surface area (Å²) in [5.74, 6) is -1.12. The van der Waals surface area contributed by atoms with Crippen molar-refractivity contribution < 1.29 is 22.8 Å². The number of hydrogen-bond donors (Lipinski definition) is 3. The first-order chi connectivity index (χ1) is 9.22. The van der Waals surface area contributed by atoms with Gasteiger partial charge in [-0.3, -0.25) is 4.72 Å². The third-order valence-electron chi connectivity index (χ3n) is 2.65. The summed E-state index contributed by atoms with van der Waals surface area (Å²) in [5.41, 5.74) is 0.478. The molecule has 0 bridgehead atoms. The van der Waals surface area contributed by atoms with Gasteiger partial charge in [-0.1, -0.05) is 5.16 Å². The van der Waals surface area contributed by atoms with Gasteiger partial charge in [0.05, 0.1) is 5.69 Å². The summed E-state index contributed by atoms with van der Waals surface area (Å²) in [6.07, 6.45) is 0. The van der Waals surface area contributed by atoms with Crippen molar-refractivity contribution in [3.05, 3.63) is 28.9 Å². The molecule has 0 atom stereocenters. The van der Waals surface area contributed by atoms with Gasteiger partial charge >= 0.3 is 5.97 Å². The summed E-state index contributed by atoms with van der Waals surface area (Å²) in [4.78, 5) is 13.5. The number of aromatic nitrogens is 2. The van der Waals surface area contributed by atoms with Gasteiger partial charge in [-0.25, -0.2) is 13.2 Å². The van der Waals surface area contributed by atoms with Gasteiger partial charge in [-0.15, -0.1) is 0 Å². The Balaban J connectivity index is 2.47. The van der Waals surface area contributed by atoms with Crippen LogP contribution in [-0.4, -0.2) is 29.6 Å². The number of anilines is 1. The lowest BCUT2D eigenvalue weighted by atomic mass is 10.4. The lowest BCUT2D eigenvalue weighted by Gasteiger charge is -2.06. The normalized spacial score (nSPS) is 11.6. The van der Waals surface area contributed by atoms with Crippen molar-refractivity contribution in [3.63, 3.8) is 0 Å². The number of nitrogens with zero attached hydrogens (tertiary/aromatic N) is 1. The number of sulfonamides is 1. The van der Waals surface area contributed by atoms with Crippen molar-refractivity contribution in [2.75, 3.05) is 4.72 Å². The lowest BCUT2D eigenvalue weighted by Crippen LogP contribution is -2.16. The summed E-state index contributed by atoms with van der Waals surface area (Å²) >= 11 is 0. The second kappa shape index (κ2) is 4.67. The molecule has 0 aliphatic heterocycles. The quantitative estimate of drug-likeness (QED) is 0.784. The number of aryl methyl sites for hydroxylation is 3. The molecule has 20 heavy (non-hydrogen) atoms. The number of hydrogen-bond acceptors (Lipinski definition) is 5. The van der Waals surface area contributed by atoms with Crippen LogP contribution < -0.4 is 4.72 Å². The van der Waals surface area contributed by atoms with E-state index < -0.39 is 16.0 Å². The van der Waals surface area contributed by atoms with E-state index in [1.54, 1.807) is 6.92 Å². The van der Waals surface area contributed by atoms with Crippen molar-refractivity contribution in [2.45, 2.75) is 25.7 Å². The first kappa shape index (κ1) is 14.1. The van der Waals surface area contributed by atoms with Crippen molar-refractivity contribution in [1.82, 2.24) is 10.1 Å². The molecule has 0 spiro atoms. The number of H-pyrrole nitrogens is 1. The summed E-state index contributed by atoms with van der Waals surface area (Å²) < 4.78 is 31.6. The van der Waals surface area contributed by atoms with Gasteiger partial charge in [0.25, 0.3) is 10.0 Å². The molecule has 0 aromatic carbocycles. The zero-order valence-electron chi connectivity index (χ0n) is 11.0. The van der Waals surface area contributed by atoms with Crippen LogP contribution in [0.1, 0.15) is 27.6 Å². The van der Waals surface area contributed by atoms with Gasteiger partial charge in [0, 0.05) is 5.69 Å². The molecule has 0 saturated heterocycles. The molecule has 0 unspecified atom stereocenters. The third kappa shape index (κ3) is 2.39. The first-order valence-corrected chi connectivity index (χ1v) is 7.09.